The van der Waals surface area contributed by atoms with Crippen LogP contribution in [0.5, 0.6) is 11.5 Å². The molecule has 23 heavy (non-hydrogen) atoms. The topological polar surface area (TPSA) is 67.9 Å². The highest BCUT2D eigenvalue weighted by Gasteiger charge is 2.20. The molecule has 0 atom stereocenters. The Morgan fingerprint density at radius 1 is 1.30 bits per heavy atom. The number of amides is 2. The van der Waals surface area contributed by atoms with Gasteiger partial charge in [-0.15, -0.1) is 6.58 Å². The van der Waals surface area contributed by atoms with E-state index in [9.17, 15) is 9.59 Å². The van der Waals surface area contributed by atoms with E-state index in [2.05, 4.69) is 11.9 Å². The second kappa shape index (κ2) is 9.05. The second-order valence-corrected chi connectivity index (χ2v) is 5.08. The molecule has 0 aromatic heterocycles. The van der Waals surface area contributed by atoms with Gasteiger partial charge < -0.3 is 19.7 Å². The van der Waals surface area contributed by atoms with Crippen molar-refractivity contribution in [3.63, 3.8) is 0 Å². The van der Waals surface area contributed by atoms with Gasteiger partial charge in [-0.2, -0.15) is 0 Å². The molecule has 7 heteroatoms. The highest BCUT2D eigenvalue weighted by atomic mass is 35.5. The van der Waals surface area contributed by atoms with E-state index in [0.717, 1.165) is 0 Å². The summed E-state index contributed by atoms with van der Waals surface area (Å²) in [4.78, 5) is 25.1. The standard InChI is InChI=1S/C16H21ClN2O4/c1-5-7-18-16(21)6-8-19(11(2)20)13-10-14(22-3)12(17)9-15(13)23-4/h5,9-10H,1,6-8H2,2-4H3,(H,18,21). The first-order chi connectivity index (χ1) is 10.9. The zero-order chi connectivity index (χ0) is 17.4. The molecule has 0 saturated carbocycles. The molecule has 2 amide bonds. The fourth-order valence-corrected chi connectivity index (χ4v) is 2.22. The van der Waals surface area contributed by atoms with E-state index in [1.165, 1.54) is 26.0 Å². The van der Waals surface area contributed by atoms with Gasteiger partial charge in [-0.3, -0.25) is 9.59 Å². The van der Waals surface area contributed by atoms with Crippen molar-refractivity contribution in [2.24, 2.45) is 0 Å². The molecular weight excluding hydrogens is 320 g/mol. The van der Waals surface area contributed by atoms with Gasteiger partial charge in [0.05, 0.1) is 24.9 Å². The summed E-state index contributed by atoms with van der Waals surface area (Å²) in [7, 11) is 2.97. The number of halogens is 1. The molecule has 1 aromatic carbocycles. The van der Waals surface area contributed by atoms with Crippen LogP contribution in [0.3, 0.4) is 0 Å². The molecule has 0 radical (unpaired) electrons. The Morgan fingerprint density at radius 3 is 2.48 bits per heavy atom. The Hall–Kier alpha value is -2.21. The van der Waals surface area contributed by atoms with Gasteiger partial charge in [-0.1, -0.05) is 17.7 Å². The molecule has 126 valence electrons. The van der Waals surface area contributed by atoms with Crippen LogP contribution in [-0.4, -0.2) is 39.1 Å². The molecule has 6 nitrogen and oxygen atoms in total. The molecule has 0 saturated heterocycles. The number of hydrogen-bond donors (Lipinski definition) is 1. The number of ether oxygens (including phenoxy) is 2. The molecule has 1 rings (SSSR count). The first-order valence-electron chi connectivity index (χ1n) is 7.01. The summed E-state index contributed by atoms with van der Waals surface area (Å²) in [5.74, 6) is 0.461. The summed E-state index contributed by atoms with van der Waals surface area (Å²) >= 11 is 6.07. The first kappa shape index (κ1) is 18.8. The molecule has 1 aromatic rings. The van der Waals surface area contributed by atoms with Gasteiger partial charge in [0, 0.05) is 38.6 Å². The lowest BCUT2D eigenvalue weighted by molar-refractivity contribution is -0.120. The molecule has 0 spiro atoms. The van der Waals surface area contributed by atoms with Gasteiger partial charge in [0.1, 0.15) is 11.5 Å². The summed E-state index contributed by atoms with van der Waals surface area (Å²) in [5, 5.41) is 3.04. The number of nitrogens with one attached hydrogen (secondary N) is 1. The number of hydrogen-bond acceptors (Lipinski definition) is 4. The van der Waals surface area contributed by atoms with Crippen LogP contribution in [0.15, 0.2) is 24.8 Å². The van der Waals surface area contributed by atoms with Crippen molar-refractivity contribution in [3.8, 4) is 11.5 Å². The van der Waals surface area contributed by atoms with E-state index in [1.54, 1.807) is 18.2 Å². The van der Waals surface area contributed by atoms with E-state index in [1.807, 2.05) is 0 Å². The van der Waals surface area contributed by atoms with E-state index < -0.39 is 0 Å². The molecule has 0 bridgehead atoms. The predicted molar refractivity (Wildman–Crippen MR) is 90.4 cm³/mol. The number of nitrogens with zero attached hydrogens (tertiary/aromatic N) is 1. The normalized spacial score (nSPS) is 9.91. The van der Waals surface area contributed by atoms with Crippen LogP contribution in [0.25, 0.3) is 0 Å². The second-order valence-electron chi connectivity index (χ2n) is 4.67. The van der Waals surface area contributed by atoms with Gasteiger partial charge in [0.2, 0.25) is 11.8 Å². The first-order valence-corrected chi connectivity index (χ1v) is 7.39. The molecule has 0 aliphatic heterocycles. The highest BCUT2D eigenvalue weighted by Crippen LogP contribution is 2.38. The van der Waals surface area contributed by atoms with Gasteiger partial charge in [0.15, 0.2) is 0 Å². The fourth-order valence-electron chi connectivity index (χ4n) is 1.99. The number of benzene rings is 1. The minimum atomic E-state index is -0.218. The van der Waals surface area contributed by atoms with Crippen LogP contribution in [0.4, 0.5) is 5.69 Å². The Balaban J connectivity index is 3.03. The Bertz CT molecular complexity index is 590. The lowest BCUT2D eigenvalue weighted by Gasteiger charge is -2.24. The third-order valence-corrected chi connectivity index (χ3v) is 3.43. The maximum atomic E-state index is 12.0. The molecular formula is C16H21ClN2O4. The third kappa shape index (κ3) is 5.17. The van der Waals surface area contributed by atoms with Gasteiger partial charge in [0.25, 0.3) is 0 Å². The molecule has 0 unspecified atom stereocenters. The van der Waals surface area contributed by atoms with E-state index in [4.69, 9.17) is 21.1 Å². The maximum absolute atomic E-state index is 12.0. The van der Waals surface area contributed by atoms with E-state index >= 15 is 0 Å². The summed E-state index contributed by atoms with van der Waals surface area (Å²) in [5.41, 5.74) is 0.498. The molecule has 0 fully saturated rings. The van der Waals surface area contributed by atoms with Crippen molar-refractivity contribution >= 4 is 29.1 Å². The predicted octanol–water partition coefficient (Wildman–Crippen LogP) is 2.40. The van der Waals surface area contributed by atoms with Gasteiger partial charge >= 0.3 is 0 Å². The SMILES string of the molecule is C=CCNC(=O)CCN(C(C)=O)c1cc(OC)c(Cl)cc1OC. The maximum Gasteiger partial charge on any atom is 0.223 e. The fraction of sp³-hybridized carbons (Fsp3) is 0.375. The zero-order valence-electron chi connectivity index (χ0n) is 13.5. The van der Waals surface area contributed by atoms with E-state index in [0.29, 0.717) is 28.8 Å². The molecule has 0 aliphatic rings. The number of anilines is 1. The zero-order valence-corrected chi connectivity index (χ0v) is 14.3. The van der Waals surface area contributed by atoms with Crippen molar-refractivity contribution in [2.45, 2.75) is 13.3 Å². The summed E-state index contributed by atoms with van der Waals surface area (Å²) < 4.78 is 10.5. The molecule has 1 N–H and O–H groups in total. The van der Waals surface area contributed by atoms with E-state index in [-0.39, 0.29) is 24.8 Å². The smallest absolute Gasteiger partial charge is 0.223 e. The van der Waals surface area contributed by atoms with Crippen LogP contribution in [0.1, 0.15) is 13.3 Å². The average molecular weight is 341 g/mol. The summed E-state index contributed by atoms with van der Waals surface area (Å²) in [6, 6.07) is 3.19. The lowest BCUT2D eigenvalue weighted by atomic mass is 10.2. The average Bonchev–Trinajstić information content (AvgIpc) is 2.53. The third-order valence-electron chi connectivity index (χ3n) is 3.13. The van der Waals surface area contributed by atoms with Crippen molar-refractivity contribution < 1.29 is 19.1 Å². The van der Waals surface area contributed by atoms with Gasteiger partial charge in [-0.05, 0) is 0 Å². The number of carbonyl (C=O) groups is 2. The summed E-state index contributed by atoms with van der Waals surface area (Å²) in [6.45, 7) is 5.54. The highest BCUT2D eigenvalue weighted by molar-refractivity contribution is 6.32. The van der Waals surface area contributed by atoms with Crippen molar-refractivity contribution in [1.29, 1.82) is 0 Å². The van der Waals surface area contributed by atoms with Crippen molar-refractivity contribution in [1.82, 2.24) is 5.32 Å². The minimum Gasteiger partial charge on any atom is -0.495 e. The quantitative estimate of drug-likeness (QED) is 0.738. The molecule has 0 heterocycles. The minimum absolute atomic E-state index is 0.154. The Morgan fingerprint density at radius 2 is 1.96 bits per heavy atom. The monoisotopic (exact) mass is 340 g/mol. The van der Waals surface area contributed by atoms with Crippen molar-refractivity contribution in [2.75, 3.05) is 32.2 Å². The lowest BCUT2D eigenvalue weighted by Crippen LogP contribution is -2.34. The van der Waals surface area contributed by atoms with Crippen LogP contribution in [0.2, 0.25) is 5.02 Å². The molecule has 0 aliphatic carbocycles. The number of methoxy groups -OCH3 is 2. The summed E-state index contributed by atoms with van der Waals surface area (Å²) in [6.07, 6.45) is 1.75. The van der Waals surface area contributed by atoms with Crippen LogP contribution < -0.4 is 19.7 Å². The van der Waals surface area contributed by atoms with Crippen molar-refractivity contribution in [3.05, 3.63) is 29.8 Å². The number of carbonyl (C=O) groups excluding carboxylic acids is 2. The largest absolute Gasteiger partial charge is 0.495 e. The van der Waals surface area contributed by atoms with Gasteiger partial charge in [-0.25, -0.2) is 0 Å². The Kier molecular flexibility index (Phi) is 7.41. The van der Waals surface area contributed by atoms with Crippen LogP contribution in [-0.2, 0) is 9.59 Å². The van der Waals surface area contributed by atoms with Crippen LogP contribution >= 0.6 is 11.6 Å². The van der Waals surface area contributed by atoms with Crippen LogP contribution in [0, 0.1) is 0 Å². The Labute approximate surface area is 141 Å². The number of rotatable bonds is 8.